The van der Waals surface area contributed by atoms with E-state index in [2.05, 4.69) is 4.74 Å². The Labute approximate surface area is 121 Å². The monoisotopic (exact) mass is 293 g/mol. The van der Waals surface area contributed by atoms with Gasteiger partial charge in [-0.1, -0.05) is 12.1 Å². The number of benzene rings is 1. The number of likely N-dealkylation sites (tertiary alicyclic amines) is 1. The Bertz CT molecular complexity index is 547. The van der Waals surface area contributed by atoms with E-state index in [4.69, 9.17) is 0 Å². The van der Waals surface area contributed by atoms with Gasteiger partial charge < -0.3 is 9.64 Å². The third kappa shape index (κ3) is 3.65. The van der Waals surface area contributed by atoms with Gasteiger partial charge in [-0.15, -0.1) is 0 Å². The number of amides is 1. The summed E-state index contributed by atoms with van der Waals surface area (Å²) in [6.45, 7) is 0.345. The van der Waals surface area contributed by atoms with Crippen molar-refractivity contribution >= 4 is 17.7 Å². The van der Waals surface area contributed by atoms with E-state index in [0.717, 1.165) is 0 Å². The third-order valence-corrected chi connectivity index (χ3v) is 3.53. The molecule has 1 fully saturated rings. The summed E-state index contributed by atoms with van der Waals surface area (Å²) in [7, 11) is 1.22. The molecule has 1 aromatic carbocycles. The number of halogens is 1. The highest BCUT2D eigenvalue weighted by Crippen LogP contribution is 2.16. The van der Waals surface area contributed by atoms with Crippen LogP contribution in [0.1, 0.15) is 12.0 Å². The predicted octanol–water partition coefficient (Wildman–Crippen LogP) is 0.959. The second kappa shape index (κ2) is 6.47. The molecule has 1 atom stereocenters. The first-order valence-corrected chi connectivity index (χ1v) is 6.64. The third-order valence-electron chi connectivity index (χ3n) is 3.53. The Kier molecular flexibility index (Phi) is 4.67. The highest BCUT2D eigenvalue weighted by Gasteiger charge is 2.35. The summed E-state index contributed by atoms with van der Waals surface area (Å²) in [5, 5.41) is 0. The minimum absolute atomic E-state index is 0.0472. The van der Waals surface area contributed by atoms with Crippen LogP contribution in [0, 0.1) is 11.7 Å². The van der Waals surface area contributed by atoms with Gasteiger partial charge in [0, 0.05) is 19.5 Å². The van der Waals surface area contributed by atoms with Gasteiger partial charge >= 0.3 is 5.97 Å². The average molecular weight is 293 g/mol. The first kappa shape index (κ1) is 15.2. The molecule has 5 nitrogen and oxygen atoms in total. The summed E-state index contributed by atoms with van der Waals surface area (Å²) in [4.78, 5) is 36.9. The lowest BCUT2D eigenvalue weighted by molar-refractivity contribution is -0.153. The largest absolute Gasteiger partial charge is 0.468 e. The maximum atomic E-state index is 12.8. The molecule has 0 spiro atoms. The fourth-order valence-corrected chi connectivity index (χ4v) is 2.30. The molecule has 0 bridgehead atoms. The highest BCUT2D eigenvalue weighted by molar-refractivity contribution is 6.00. The van der Waals surface area contributed by atoms with Crippen molar-refractivity contribution in [3.8, 4) is 0 Å². The van der Waals surface area contributed by atoms with E-state index >= 15 is 0 Å². The summed E-state index contributed by atoms with van der Waals surface area (Å²) >= 11 is 0. The summed E-state index contributed by atoms with van der Waals surface area (Å²) in [5.41, 5.74) is 0.688. The van der Waals surface area contributed by atoms with Crippen molar-refractivity contribution in [2.75, 3.05) is 20.2 Å². The van der Waals surface area contributed by atoms with Crippen molar-refractivity contribution in [2.45, 2.75) is 12.8 Å². The maximum Gasteiger partial charge on any atom is 0.318 e. The molecule has 0 aromatic heterocycles. The summed E-state index contributed by atoms with van der Waals surface area (Å²) in [6, 6.07) is 5.67. The number of methoxy groups -OCH3 is 1. The van der Waals surface area contributed by atoms with Crippen LogP contribution in [-0.2, 0) is 25.5 Å². The molecular formula is C15H16FNO4. The zero-order valence-corrected chi connectivity index (χ0v) is 11.7. The van der Waals surface area contributed by atoms with Crippen LogP contribution in [0.3, 0.4) is 0 Å². The molecule has 0 N–H and O–H groups in total. The van der Waals surface area contributed by atoms with Gasteiger partial charge in [-0.25, -0.2) is 4.39 Å². The standard InChI is InChI=1S/C15H16FNO4/c1-21-15(20)12-9-17(7-6-13(12)18)14(19)8-10-2-4-11(16)5-3-10/h2-5,12H,6-9H2,1H3. The first-order chi connectivity index (χ1) is 10.0. The van der Waals surface area contributed by atoms with Crippen molar-refractivity contribution in [2.24, 2.45) is 5.92 Å². The molecule has 1 saturated heterocycles. The van der Waals surface area contributed by atoms with Crippen molar-refractivity contribution in [1.82, 2.24) is 4.90 Å². The van der Waals surface area contributed by atoms with Crippen LogP contribution in [-0.4, -0.2) is 42.8 Å². The minimum atomic E-state index is -0.902. The SMILES string of the molecule is COC(=O)C1CN(C(=O)Cc2ccc(F)cc2)CCC1=O. The smallest absolute Gasteiger partial charge is 0.318 e. The second-order valence-corrected chi connectivity index (χ2v) is 4.94. The van der Waals surface area contributed by atoms with E-state index in [1.54, 1.807) is 12.1 Å². The van der Waals surface area contributed by atoms with E-state index in [-0.39, 0.29) is 36.9 Å². The fourth-order valence-electron chi connectivity index (χ4n) is 2.30. The molecule has 1 amide bonds. The summed E-state index contributed by atoms with van der Waals surface area (Å²) in [5.74, 6) is -2.27. The quantitative estimate of drug-likeness (QED) is 0.615. The van der Waals surface area contributed by atoms with E-state index in [1.165, 1.54) is 24.1 Å². The predicted molar refractivity (Wildman–Crippen MR) is 71.8 cm³/mol. The molecule has 0 radical (unpaired) electrons. The van der Waals surface area contributed by atoms with Crippen LogP contribution >= 0.6 is 0 Å². The number of esters is 1. The van der Waals surface area contributed by atoms with E-state index in [0.29, 0.717) is 12.1 Å². The van der Waals surface area contributed by atoms with Gasteiger partial charge in [0.05, 0.1) is 13.5 Å². The normalized spacial score (nSPS) is 18.5. The van der Waals surface area contributed by atoms with Gasteiger partial charge in [0.25, 0.3) is 0 Å². The van der Waals surface area contributed by atoms with Crippen molar-refractivity contribution in [3.05, 3.63) is 35.6 Å². The maximum absolute atomic E-state index is 12.8. The van der Waals surface area contributed by atoms with Crippen LogP contribution in [0.5, 0.6) is 0 Å². The van der Waals surface area contributed by atoms with Gasteiger partial charge in [-0.05, 0) is 17.7 Å². The number of carbonyl (C=O) groups excluding carboxylic acids is 3. The zero-order valence-electron chi connectivity index (χ0n) is 11.7. The van der Waals surface area contributed by atoms with Crippen molar-refractivity contribution in [1.29, 1.82) is 0 Å². The minimum Gasteiger partial charge on any atom is -0.468 e. The van der Waals surface area contributed by atoms with Gasteiger partial charge in [-0.2, -0.15) is 0 Å². The Morgan fingerprint density at radius 1 is 1.33 bits per heavy atom. The summed E-state index contributed by atoms with van der Waals surface area (Å²) in [6.07, 6.45) is 0.261. The molecule has 112 valence electrons. The molecule has 1 unspecified atom stereocenters. The molecule has 0 saturated carbocycles. The van der Waals surface area contributed by atoms with Crippen molar-refractivity contribution < 1.29 is 23.5 Å². The number of nitrogens with zero attached hydrogens (tertiary/aromatic N) is 1. The number of hydrogen-bond donors (Lipinski definition) is 0. The Morgan fingerprint density at radius 3 is 2.62 bits per heavy atom. The zero-order chi connectivity index (χ0) is 15.4. The molecular weight excluding hydrogens is 277 g/mol. The molecule has 1 aliphatic rings. The molecule has 2 rings (SSSR count). The number of rotatable bonds is 3. The molecule has 0 aliphatic carbocycles. The molecule has 1 aliphatic heterocycles. The van der Waals surface area contributed by atoms with E-state index in [1.807, 2.05) is 0 Å². The van der Waals surface area contributed by atoms with Gasteiger partial charge in [0.15, 0.2) is 5.78 Å². The topological polar surface area (TPSA) is 63.7 Å². The van der Waals surface area contributed by atoms with Crippen LogP contribution in [0.4, 0.5) is 4.39 Å². The van der Waals surface area contributed by atoms with Crippen LogP contribution < -0.4 is 0 Å². The number of ether oxygens (including phenoxy) is 1. The Morgan fingerprint density at radius 2 is 2.00 bits per heavy atom. The lowest BCUT2D eigenvalue weighted by Gasteiger charge is -2.30. The van der Waals surface area contributed by atoms with Crippen LogP contribution in [0.25, 0.3) is 0 Å². The van der Waals surface area contributed by atoms with E-state index < -0.39 is 11.9 Å². The van der Waals surface area contributed by atoms with E-state index in [9.17, 15) is 18.8 Å². The van der Waals surface area contributed by atoms with Gasteiger partial charge in [-0.3, -0.25) is 14.4 Å². The average Bonchev–Trinajstić information content (AvgIpc) is 2.49. The molecule has 6 heteroatoms. The molecule has 1 heterocycles. The highest BCUT2D eigenvalue weighted by atomic mass is 19.1. The van der Waals surface area contributed by atoms with Crippen molar-refractivity contribution in [3.63, 3.8) is 0 Å². The molecule has 21 heavy (non-hydrogen) atoms. The molecule has 1 aromatic rings. The second-order valence-electron chi connectivity index (χ2n) is 4.94. The lowest BCUT2D eigenvalue weighted by Crippen LogP contribution is -2.47. The number of ketones is 1. The first-order valence-electron chi connectivity index (χ1n) is 6.64. The van der Waals surface area contributed by atoms with Crippen LogP contribution in [0.15, 0.2) is 24.3 Å². The number of hydrogen-bond acceptors (Lipinski definition) is 4. The lowest BCUT2D eigenvalue weighted by atomic mass is 9.96. The fraction of sp³-hybridized carbons (Fsp3) is 0.400. The number of piperidine rings is 1. The summed E-state index contributed by atoms with van der Waals surface area (Å²) < 4.78 is 17.4. The van der Waals surface area contributed by atoms with Gasteiger partial charge in [0.2, 0.25) is 5.91 Å². The Balaban J connectivity index is 2.00. The Hall–Kier alpha value is -2.24. The number of carbonyl (C=O) groups is 3. The van der Waals surface area contributed by atoms with Crippen LogP contribution in [0.2, 0.25) is 0 Å². The number of Topliss-reactive ketones (excluding diaryl/α,β-unsaturated/α-hetero) is 1. The van der Waals surface area contributed by atoms with Gasteiger partial charge in [0.1, 0.15) is 11.7 Å².